The molecule has 0 spiro atoms. The molecule has 0 aromatic heterocycles. The molecule has 1 rings (SSSR count). The Bertz CT molecular complexity index is 255. The largest absolute Gasteiger partial charge is 0.423 e. The smallest absolute Gasteiger partial charge is 0.319 e. The number of hydrogen-bond donors (Lipinski definition) is 0. The predicted molar refractivity (Wildman–Crippen MR) is 43.3 cm³/mol. The summed E-state index contributed by atoms with van der Waals surface area (Å²) >= 11 is 0. The maximum Gasteiger partial charge on any atom is 0.319 e. The summed E-state index contributed by atoms with van der Waals surface area (Å²) in [5, 5.41) is 0. The topological polar surface area (TPSA) is 43.4 Å². The Morgan fingerprint density at radius 3 is 2.25 bits per heavy atom. The van der Waals surface area contributed by atoms with Gasteiger partial charge >= 0.3 is 5.97 Å². The van der Waals surface area contributed by atoms with Gasteiger partial charge < -0.3 is 4.74 Å². The van der Waals surface area contributed by atoms with Gasteiger partial charge in [-0.3, -0.25) is 9.59 Å². The van der Waals surface area contributed by atoms with Crippen molar-refractivity contribution in [1.29, 1.82) is 0 Å². The molecule has 12 heavy (non-hydrogen) atoms. The second-order valence-corrected chi connectivity index (χ2v) is 3.95. The van der Waals surface area contributed by atoms with Gasteiger partial charge in [-0.15, -0.1) is 0 Å². The molecule has 66 valence electrons. The van der Waals surface area contributed by atoms with Crippen molar-refractivity contribution in [2.45, 2.75) is 27.2 Å². The third-order valence-corrected chi connectivity index (χ3v) is 1.37. The lowest BCUT2D eigenvalue weighted by molar-refractivity contribution is -0.135. The number of Topliss-reactive ketones (excluding diaryl/α,β-unsaturated/α-hetero) is 1. The number of carbonyl (C=O) groups excluding carboxylic acids is 2. The van der Waals surface area contributed by atoms with Crippen LogP contribution in [0.2, 0.25) is 0 Å². The van der Waals surface area contributed by atoms with Crippen molar-refractivity contribution in [2.75, 3.05) is 0 Å². The monoisotopic (exact) mass is 168 g/mol. The summed E-state index contributed by atoms with van der Waals surface area (Å²) in [7, 11) is 0. The predicted octanol–water partition coefficient (Wildman–Crippen LogP) is 1.43. The zero-order chi connectivity index (χ0) is 9.35. The molecule has 1 fully saturated rings. The number of esters is 1. The van der Waals surface area contributed by atoms with Gasteiger partial charge in [-0.1, -0.05) is 20.8 Å². The van der Waals surface area contributed by atoms with Crippen LogP contribution >= 0.6 is 0 Å². The number of hydrogen-bond acceptors (Lipinski definition) is 3. The van der Waals surface area contributed by atoms with Crippen LogP contribution in [0, 0.1) is 5.41 Å². The second kappa shape index (κ2) is 2.73. The van der Waals surface area contributed by atoms with E-state index in [1.165, 1.54) is 0 Å². The van der Waals surface area contributed by atoms with Gasteiger partial charge in [0.05, 0.1) is 0 Å². The van der Waals surface area contributed by atoms with E-state index >= 15 is 0 Å². The molecule has 0 bridgehead atoms. The van der Waals surface area contributed by atoms with Gasteiger partial charge in [0.25, 0.3) is 0 Å². The molecule has 0 unspecified atom stereocenters. The van der Waals surface area contributed by atoms with Crippen LogP contribution in [0.5, 0.6) is 0 Å². The molecule has 1 aliphatic rings. The maximum atomic E-state index is 11.0. The first-order valence-corrected chi connectivity index (χ1v) is 3.85. The number of allylic oxidation sites excluding steroid dienone is 2. The van der Waals surface area contributed by atoms with Crippen LogP contribution in [0.25, 0.3) is 0 Å². The van der Waals surface area contributed by atoms with Crippen molar-refractivity contribution in [1.82, 2.24) is 0 Å². The molecule has 0 N–H and O–H groups in total. The van der Waals surface area contributed by atoms with Crippen LogP contribution in [-0.2, 0) is 14.3 Å². The Kier molecular flexibility index (Phi) is 2.04. The zero-order valence-electron chi connectivity index (χ0n) is 7.51. The van der Waals surface area contributed by atoms with Gasteiger partial charge in [-0.2, -0.15) is 0 Å². The van der Waals surface area contributed by atoms with Crippen molar-refractivity contribution in [2.24, 2.45) is 5.41 Å². The first kappa shape index (κ1) is 8.97. The minimum atomic E-state index is -0.449. The average molecular weight is 168 g/mol. The molecule has 3 nitrogen and oxygen atoms in total. The van der Waals surface area contributed by atoms with E-state index in [0.29, 0.717) is 0 Å². The minimum absolute atomic E-state index is 0.109. The number of rotatable bonds is 0. The minimum Gasteiger partial charge on any atom is -0.423 e. The van der Waals surface area contributed by atoms with Gasteiger partial charge in [0.1, 0.15) is 6.42 Å². The summed E-state index contributed by atoms with van der Waals surface area (Å²) in [5.41, 5.74) is -0.129. The highest BCUT2D eigenvalue weighted by Crippen LogP contribution is 2.22. The zero-order valence-corrected chi connectivity index (χ0v) is 7.51. The number of carbonyl (C=O) groups is 2. The highest BCUT2D eigenvalue weighted by molar-refractivity contribution is 6.10. The fourth-order valence-electron chi connectivity index (χ4n) is 0.937. The Labute approximate surface area is 71.4 Å². The van der Waals surface area contributed by atoms with Gasteiger partial charge in [0.15, 0.2) is 5.76 Å². The van der Waals surface area contributed by atoms with Crippen LogP contribution in [0.1, 0.15) is 27.2 Å². The van der Waals surface area contributed by atoms with E-state index in [9.17, 15) is 9.59 Å². The SMILES string of the molecule is CC(C)(C)/C=C1\OC(=O)CC1=O. The van der Waals surface area contributed by atoms with E-state index in [-0.39, 0.29) is 23.4 Å². The van der Waals surface area contributed by atoms with Crippen LogP contribution in [0.4, 0.5) is 0 Å². The summed E-state index contributed by atoms with van der Waals surface area (Å²) in [4.78, 5) is 21.7. The Balaban J connectivity index is 2.84. The van der Waals surface area contributed by atoms with E-state index in [1.807, 2.05) is 20.8 Å². The molecule has 3 heteroatoms. The summed E-state index contributed by atoms with van der Waals surface area (Å²) in [6.45, 7) is 5.83. The van der Waals surface area contributed by atoms with Gasteiger partial charge in [-0.05, 0) is 11.5 Å². The van der Waals surface area contributed by atoms with Gasteiger partial charge in [-0.25, -0.2) is 0 Å². The number of cyclic esters (lactones) is 1. The van der Waals surface area contributed by atoms with Crippen LogP contribution in [0.15, 0.2) is 11.8 Å². The van der Waals surface area contributed by atoms with Crippen molar-refractivity contribution in [3.63, 3.8) is 0 Å². The molecule has 0 amide bonds. The lowest BCUT2D eigenvalue weighted by atomic mass is 9.95. The molecule has 0 aliphatic carbocycles. The third kappa shape index (κ3) is 2.19. The molecule has 1 saturated heterocycles. The lowest BCUT2D eigenvalue weighted by Crippen LogP contribution is -2.04. The van der Waals surface area contributed by atoms with Crippen molar-refractivity contribution in [3.05, 3.63) is 11.8 Å². The highest BCUT2D eigenvalue weighted by Gasteiger charge is 2.28. The molecule has 1 heterocycles. The summed E-state index contributed by atoms with van der Waals surface area (Å²) in [6.07, 6.45) is 1.57. The van der Waals surface area contributed by atoms with E-state index in [4.69, 9.17) is 4.74 Å². The van der Waals surface area contributed by atoms with Gasteiger partial charge in [0, 0.05) is 0 Å². The molecule has 0 aromatic carbocycles. The van der Waals surface area contributed by atoms with E-state index < -0.39 is 5.97 Å². The fraction of sp³-hybridized carbons (Fsp3) is 0.556. The second-order valence-electron chi connectivity index (χ2n) is 3.95. The van der Waals surface area contributed by atoms with Crippen LogP contribution < -0.4 is 0 Å². The van der Waals surface area contributed by atoms with Crippen molar-refractivity contribution in [3.8, 4) is 0 Å². The Hall–Kier alpha value is -1.12. The molecule has 1 aliphatic heterocycles. The molecular weight excluding hydrogens is 156 g/mol. The van der Waals surface area contributed by atoms with Crippen molar-refractivity contribution >= 4 is 11.8 Å². The highest BCUT2D eigenvalue weighted by atomic mass is 16.5. The standard InChI is InChI=1S/C9H12O3/c1-9(2,3)5-7-6(10)4-8(11)12-7/h5H,4H2,1-3H3/b7-5-. The Morgan fingerprint density at radius 2 is 1.92 bits per heavy atom. The summed E-state index contributed by atoms with van der Waals surface area (Å²) in [6, 6.07) is 0. The molecular formula is C9H12O3. The fourth-order valence-corrected chi connectivity index (χ4v) is 0.937. The lowest BCUT2D eigenvalue weighted by Gasteiger charge is -2.11. The number of ether oxygens (including phenoxy) is 1. The molecule has 0 atom stereocenters. The molecule has 0 aromatic rings. The molecule has 0 saturated carbocycles. The Morgan fingerprint density at radius 1 is 1.33 bits per heavy atom. The van der Waals surface area contributed by atoms with E-state index in [0.717, 1.165) is 0 Å². The van der Waals surface area contributed by atoms with Crippen LogP contribution in [0.3, 0.4) is 0 Å². The normalized spacial score (nSPS) is 21.8. The first-order valence-electron chi connectivity index (χ1n) is 3.85. The summed E-state index contributed by atoms with van der Waals surface area (Å²) in [5.74, 6) is -0.460. The first-order chi connectivity index (χ1) is 5.38. The number of ketones is 1. The van der Waals surface area contributed by atoms with Crippen molar-refractivity contribution < 1.29 is 14.3 Å². The van der Waals surface area contributed by atoms with Gasteiger partial charge in [0.2, 0.25) is 5.78 Å². The quantitative estimate of drug-likeness (QED) is 0.312. The van der Waals surface area contributed by atoms with E-state index in [2.05, 4.69) is 0 Å². The molecule has 0 radical (unpaired) electrons. The van der Waals surface area contributed by atoms with Crippen LogP contribution in [-0.4, -0.2) is 11.8 Å². The maximum absolute atomic E-state index is 11.0. The average Bonchev–Trinajstić information content (AvgIpc) is 2.06. The third-order valence-electron chi connectivity index (χ3n) is 1.37. The summed E-state index contributed by atoms with van der Waals surface area (Å²) < 4.78 is 4.72. The van der Waals surface area contributed by atoms with E-state index in [1.54, 1.807) is 6.08 Å².